The normalized spacial score (nSPS) is 15.1. The molecule has 0 saturated carbocycles. The molecule has 0 aliphatic carbocycles. The first kappa shape index (κ1) is 13.9. The zero-order chi connectivity index (χ0) is 14.7. The fraction of sp³-hybridized carbons (Fsp3) is 0.333. The average molecular weight is 304 g/mol. The number of hydrogen-bond acceptors (Lipinski definition) is 5. The summed E-state index contributed by atoms with van der Waals surface area (Å²) in [5, 5.41) is 3.83. The van der Waals surface area contributed by atoms with E-state index in [-0.39, 0.29) is 0 Å². The van der Waals surface area contributed by atoms with Crippen LogP contribution in [0.3, 0.4) is 0 Å². The van der Waals surface area contributed by atoms with Gasteiger partial charge in [0.2, 0.25) is 0 Å². The van der Waals surface area contributed by atoms with Crippen LogP contribution in [0.1, 0.15) is 0 Å². The molecule has 5 nitrogen and oxygen atoms in total. The highest BCUT2D eigenvalue weighted by molar-refractivity contribution is 6.33. The van der Waals surface area contributed by atoms with Gasteiger partial charge >= 0.3 is 0 Å². The van der Waals surface area contributed by atoms with Crippen LogP contribution in [0.4, 0.5) is 17.3 Å². The molecule has 0 spiro atoms. The van der Waals surface area contributed by atoms with Gasteiger partial charge in [-0.25, -0.2) is 4.98 Å². The molecule has 0 unspecified atom stereocenters. The molecule has 2 heterocycles. The predicted octanol–water partition coefficient (Wildman–Crippen LogP) is 2.50. The number of piperazine rings is 1. The molecule has 110 valence electrons. The van der Waals surface area contributed by atoms with E-state index in [1.165, 1.54) is 0 Å². The van der Waals surface area contributed by atoms with Gasteiger partial charge in [0.15, 0.2) is 0 Å². The van der Waals surface area contributed by atoms with Crippen molar-refractivity contribution in [3.05, 3.63) is 41.7 Å². The summed E-state index contributed by atoms with van der Waals surface area (Å²) in [4.78, 5) is 13.3. The third-order valence-corrected chi connectivity index (χ3v) is 3.99. The molecule has 0 amide bonds. The van der Waals surface area contributed by atoms with E-state index in [0.717, 1.165) is 48.5 Å². The van der Waals surface area contributed by atoms with E-state index in [1.807, 2.05) is 31.4 Å². The monoisotopic (exact) mass is 303 g/mol. The zero-order valence-corrected chi connectivity index (χ0v) is 12.7. The van der Waals surface area contributed by atoms with Crippen molar-refractivity contribution in [3.63, 3.8) is 0 Å². The quantitative estimate of drug-likeness (QED) is 0.944. The Bertz CT molecular complexity index is 611. The molecule has 1 aromatic heterocycles. The summed E-state index contributed by atoms with van der Waals surface area (Å²) < 4.78 is 0. The van der Waals surface area contributed by atoms with Gasteiger partial charge in [-0.05, 0) is 12.1 Å². The summed E-state index contributed by atoms with van der Waals surface area (Å²) in [5.74, 6) is 1.71. The lowest BCUT2D eigenvalue weighted by Crippen LogP contribution is -2.47. The van der Waals surface area contributed by atoms with E-state index in [9.17, 15) is 0 Å². The van der Waals surface area contributed by atoms with Gasteiger partial charge in [0.1, 0.15) is 11.6 Å². The predicted molar refractivity (Wildman–Crippen MR) is 87.5 cm³/mol. The maximum absolute atomic E-state index is 6.26. The largest absolute Gasteiger partial charge is 0.372 e. The van der Waals surface area contributed by atoms with Crippen LogP contribution in [-0.2, 0) is 0 Å². The molecule has 1 aliphatic rings. The number of rotatable bonds is 3. The molecular formula is C15H18ClN5. The van der Waals surface area contributed by atoms with Crippen molar-refractivity contribution in [1.29, 1.82) is 0 Å². The zero-order valence-electron chi connectivity index (χ0n) is 12.0. The summed E-state index contributed by atoms with van der Waals surface area (Å²) >= 11 is 6.26. The first-order valence-electron chi connectivity index (χ1n) is 7.02. The van der Waals surface area contributed by atoms with Crippen molar-refractivity contribution in [1.82, 2.24) is 9.97 Å². The van der Waals surface area contributed by atoms with Gasteiger partial charge in [-0.15, -0.1) is 0 Å². The highest BCUT2D eigenvalue weighted by Gasteiger charge is 2.20. The van der Waals surface area contributed by atoms with E-state index in [1.54, 1.807) is 6.20 Å². The van der Waals surface area contributed by atoms with Gasteiger partial charge in [0.05, 0.1) is 23.1 Å². The Hall–Kier alpha value is -2.01. The smallest absolute Gasteiger partial charge is 0.149 e. The van der Waals surface area contributed by atoms with Crippen LogP contribution < -0.4 is 15.1 Å². The van der Waals surface area contributed by atoms with E-state index in [0.29, 0.717) is 0 Å². The maximum atomic E-state index is 6.26. The molecule has 21 heavy (non-hydrogen) atoms. The van der Waals surface area contributed by atoms with Crippen molar-refractivity contribution in [2.24, 2.45) is 0 Å². The second-order valence-corrected chi connectivity index (χ2v) is 5.35. The summed E-state index contributed by atoms with van der Waals surface area (Å²) in [6, 6.07) is 7.99. The standard InChI is InChI=1S/C15H18ClN5/c1-17-14-10-18-11-15(19-14)21-8-6-20(7-9-21)13-5-3-2-4-12(13)16/h2-5,10-11H,6-9H2,1H3,(H,17,19). The average Bonchev–Trinajstić information content (AvgIpc) is 2.56. The van der Waals surface area contributed by atoms with Gasteiger partial charge in [0.25, 0.3) is 0 Å². The number of nitrogens with zero attached hydrogens (tertiary/aromatic N) is 4. The molecule has 2 aromatic rings. The Balaban J connectivity index is 1.69. The Morgan fingerprint density at radius 2 is 1.76 bits per heavy atom. The number of anilines is 3. The van der Waals surface area contributed by atoms with E-state index in [4.69, 9.17) is 11.6 Å². The van der Waals surface area contributed by atoms with Crippen LogP contribution in [0.5, 0.6) is 0 Å². The van der Waals surface area contributed by atoms with Gasteiger partial charge in [-0.2, -0.15) is 0 Å². The Morgan fingerprint density at radius 3 is 2.48 bits per heavy atom. The second kappa shape index (κ2) is 6.18. The van der Waals surface area contributed by atoms with Gasteiger partial charge in [0, 0.05) is 33.2 Å². The number of halogens is 1. The molecule has 1 N–H and O–H groups in total. The lowest BCUT2D eigenvalue weighted by atomic mass is 10.2. The summed E-state index contributed by atoms with van der Waals surface area (Å²) in [7, 11) is 1.85. The minimum absolute atomic E-state index is 0.793. The molecule has 1 saturated heterocycles. The molecule has 1 aliphatic heterocycles. The SMILES string of the molecule is CNc1cncc(N2CCN(c3ccccc3Cl)CC2)n1. The number of aromatic nitrogens is 2. The third-order valence-electron chi connectivity index (χ3n) is 3.67. The van der Waals surface area contributed by atoms with Crippen LogP contribution in [0.25, 0.3) is 0 Å². The lowest BCUT2D eigenvalue weighted by Gasteiger charge is -2.37. The van der Waals surface area contributed by atoms with E-state index in [2.05, 4.69) is 31.2 Å². The Kier molecular flexibility index (Phi) is 4.10. The molecule has 1 aromatic carbocycles. The molecule has 1 fully saturated rings. The lowest BCUT2D eigenvalue weighted by molar-refractivity contribution is 0.646. The van der Waals surface area contributed by atoms with Crippen molar-refractivity contribution in [2.45, 2.75) is 0 Å². The molecule has 6 heteroatoms. The number of hydrogen-bond donors (Lipinski definition) is 1. The molecule has 0 bridgehead atoms. The topological polar surface area (TPSA) is 44.3 Å². The molecule has 3 rings (SSSR count). The third kappa shape index (κ3) is 3.03. The number of benzene rings is 1. The Morgan fingerprint density at radius 1 is 1.05 bits per heavy atom. The van der Waals surface area contributed by atoms with Gasteiger partial charge < -0.3 is 15.1 Å². The second-order valence-electron chi connectivity index (χ2n) is 4.94. The van der Waals surface area contributed by atoms with Crippen molar-refractivity contribution >= 4 is 28.9 Å². The van der Waals surface area contributed by atoms with E-state index < -0.39 is 0 Å². The fourth-order valence-electron chi connectivity index (χ4n) is 2.51. The minimum atomic E-state index is 0.793. The fourth-order valence-corrected chi connectivity index (χ4v) is 2.77. The van der Waals surface area contributed by atoms with Crippen molar-refractivity contribution < 1.29 is 0 Å². The van der Waals surface area contributed by atoms with Crippen LogP contribution in [-0.4, -0.2) is 43.2 Å². The Labute approximate surface area is 129 Å². The number of nitrogens with one attached hydrogen (secondary N) is 1. The summed E-state index contributed by atoms with van der Waals surface area (Å²) in [5.41, 5.74) is 1.11. The van der Waals surface area contributed by atoms with Crippen molar-refractivity contribution in [3.8, 4) is 0 Å². The highest BCUT2D eigenvalue weighted by Crippen LogP contribution is 2.26. The van der Waals surface area contributed by atoms with Crippen LogP contribution >= 0.6 is 11.6 Å². The van der Waals surface area contributed by atoms with Crippen molar-refractivity contribution in [2.75, 3.05) is 48.3 Å². The summed E-state index contributed by atoms with van der Waals surface area (Å²) in [6.07, 6.45) is 3.54. The highest BCUT2D eigenvalue weighted by atomic mass is 35.5. The summed E-state index contributed by atoms with van der Waals surface area (Å²) in [6.45, 7) is 3.67. The first-order valence-corrected chi connectivity index (χ1v) is 7.40. The van der Waals surface area contributed by atoms with Crippen LogP contribution in [0, 0.1) is 0 Å². The van der Waals surface area contributed by atoms with Gasteiger partial charge in [-0.1, -0.05) is 23.7 Å². The molecular weight excluding hydrogens is 286 g/mol. The maximum Gasteiger partial charge on any atom is 0.149 e. The minimum Gasteiger partial charge on any atom is -0.372 e. The van der Waals surface area contributed by atoms with Gasteiger partial charge in [-0.3, -0.25) is 4.98 Å². The van der Waals surface area contributed by atoms with Crippen LogP contribution in [0.15, 0.2) is 36.7 Å². The molecule has 0 atom stereocenters. The first-order chi connectivity index (χ1) is 10.3. The van der Waals surface area contributed by atoms with E-state index >= 15 is 0 Å². The van der Waals surface area contributed by atoms with Crippen LogP contribution in [0.2, 0.25) is 5.02 Å². The number of para-hydroxylation sites is 1. The molecule has 0 radical (unpaired) electrons.